The van der Waals surface area contributed by atoms with Gasteiger partial charge in [0.05, 0.1) is 9.68 Å². The first-order chi connectivity index (χ1) is 5.86. The van der Waals surface area contributed by atoms with Crippen LogP contribution in [0.5, 0.6) is 0 Å². The van der Waals surface area contributed by atoms with Gasteiger partial charge >= 0.3 is 0 Å². The molecule has 0 unspecified atom stereocenters. The van der Waals surface area contributed by atoms with Crippen molar-refractivity contribution >= 4 is 9.68 Å². The molecule has 2 heteroatoms. The highest BCUT2D eigenvalue weighted by Crippen LogP contribution is 2.02. The molecule has 66 valence electrons. The van der Waals surface area contributed by atoms with Crippen LogP contribution in [0.25, 0.3) is 0 Å². The lowest BCUT2D eigenvalue weighted by molar-refractivity contribution is 0.464. The van der Waals surface area contributed by atoms with Crippen LogP contribution in [0.1, 0.15) is 12.5 Å². The molecule has 0 aliphatic heterocycles. The minimum absolute atomic E-state index is 0.0175. The first kappa shape index (κ1) is 9.48. The standard InChI is InChI=1S/C10H17NSi/c1-3-11(12-2)9-10-7-5-4-6-8-10/h4-8H,3,9,12H2,1-2H3. The molecule has 12 heavy (non-hydrogen) atoms. The molecule has 0 fully saturated rings. The van der Waals surface area contributed by atoms with E-state index in [0.29, 0.717) is 0 Å². The van der Waals surface area contributed by atoms with Crippen LogP contribution in [0, 0.1) is 0 Å². The van der Waals surface area contributed by atoms with Crippen LogP contribution in [0.4, 0.5) is 0 Å². The number of hydrogen-bond donors (Lipinski definition) is 0. The van der Waals surface area contributed by atoms with Crippen LogP contribution < -0.4 is 0 Å². The number of hydrogen-bond acceptors (Lipinski definition) is 1. The molecule has 0 aromatic heterocycles. The molecule has 0 atom stereocenters. The number of nitrogens with zero attached hydrogens (tertiary/aromatic N) is 1. The van der Waals surface area contributed by atoms with E-state index < -0.39 is 0 Å². The van der Waals surface area contributed by atoms with E-state index in [1.54, 1.807) is 0 Å². The maximum Gasteiger partial charge on any atom is 0.0923 e. The summed E-state index contributed by atoms with van der Waals surface area (Å²) in [6.45, 7) is 6.91. The Balaban J connectivity index is 2.51. The lowest BCUT2D eigenvalue weighted by atomic mass is 10.2. The van der Waals surface area contributed by atoms with Gasteiger partial charge in [0.25, 0.3) is 0 Å². The molecule has 0 heterocycles. The first-order valence-electron chi connectivity index (χ1n) is 4.63. The lowest BCUT2D eigenvalue weighted by Gasteiger charge is -2.17. The molecule has 1 aromatic rings. The van der Waals surface area contributed by atoms with Crippen LogP contribution in [-0.4, -0.2) is 20.8 Å². The summed E-state index contributed by atoms with van der Waals surface area (Å²) in [6, 6.07) is 10.7. The Hall–Kier alpha value is -0.603. The molecule has 0 saturated carbocycles. The predicted molar refractivity (Wildman–Crippen MR) is 56.9 cm³/mol. The fourth-order valence-electron chi connectivity index (χ4n) is 1.29. The van der Waals surface area contributed by atoms with Crippen LogP contribution in [0.3, 0.4) is 0 Å². The van der Waals surface area contributed by atoms with Gasteiger partial charge in [-0.2, -0.15) is 0 Å². The van der Waals surface area contributed by atoms with Crippen molar-refractivity contribution in [1.82, 2.24) is 4.57 Å². The van der Waals surface area contributed by atoms with E-state index in [2.05, 4.69) is 48.4 Å². The van der Waals surface area contributed by atoms with Crippen molar-refractivity contribution in [3.05, 3.63) is 35.9 Å². The summed E-state index contributed by atoms with van der Waals surface area (Å²) in [5.74, 6) is 0. The minimum atomic E-state index is 0.0175. The second-order valence-electron chi connectivity index (χ2n) is 2.95. The minimum Gasteiger partial charge on any atom is -0.326 e. The van der Waals surface area contributed by atoms with E-state index in [9.17, 15) is 0 Å². The van der Waals surface area contributed by atoms with E-state index in [4.69, 9.17) is 0 Å². The van der Waals surface area contributed by atoms with Crippen molar-refractivity contribution < 1.29 is 0 Å². The molecular formula is C10H17NSi. The molecule has 0 N–H and O–H groups in total. The van der Waals surface area contributed by atoms with Gasteiger partial charge in [0, 0.05) is 6.54 Å². The van der Waals surface area contributed by atoms with E-state index in [-0.39, 0.29) is 9.68 Å². The first-order valence-corrected chi connectivity index (χ1v) is 6.67. The Morgan fingerprint density at radius 2 is 1.92 bits per heavy atom. The molecule has 0 bridgehead atoms. The van der Waals surface area contributed by atoms with Gasteiger partial charge in [-0.05, 0) is 12.1 Å². The van der Waals surface area contributed by atoms with Crippen molar-refractivity contribution in [2.24, 2.45) is 0 Å². The molecule has 1 nitrogen and oxygen atoms in total. The van der Waals surface area contributed by atoms with Gasteiger partial charge in [-0.1, -0.05) is 43.8 Å². The highest BCUT2D eigenvalue weighted by atomic mass is 28.2. The van der Waals surface area contributed by atoms with Gasteiger partial charge in [0.2, 0.25) is 0 Å². The number of benzene rings is 1. The third-order valence-electron chi connectivity index (χ3n) is 2.14. The second-order valence-corrected chi connectivity index (χ2v) is 4.47. The normalized spacial score (nSPS) is 11.6. The Morgan fingerprint density at radius 3 is 2.42 bits per heavy atom. The maximum absolute atomic E-state index is 2.55. The zero-order valence-electron chi connectivity index (χ0n) is 7.96. The van der Waals surface area contributed by atoms with E-state index >= 15 is 0 Å². The molecule has 0 radical (unpaired) electrons. The highest BCUT2D eigenvalue weighted by Gasteiger charge is 1.98. The van der Waals surface area contributed by atoms with Crippen molar-refractivity contribution in [3.63, 3.8) is 0 Å². The van der Waals surface area contributed by atoms with Crippen molar-refractivity contribution in [3.8, 4) is 0 Å². The van der Waals surface area contributed by atoms with Crippen LogP contribution in [0.2, 0.25) is 6.55 Å². The zero-order chi connectivity index (χ0) is 8.81. The van der Waals surface area contributed by atoms with E-state index in [0.717, 1.165) is 6.54 Å². The SMILES string of the molecule is CCN(Cc1ccccc1)[SiH2]C. The van der Waals surface area contributed by atoms with Crippen molar-refractivity contribution in [2.45, 2.75) is 20.0 Å². The summed E-state index contributed by atoms with van der Waals surface area (Å²) in [5.41, 5.74) is 1.44. The third-order valence-corrected chi connectivity index (χ3v) is 3.71. The summed E-state index contributed by atoms with van der Waals surface area (Å²) in [7, 11) is 0.0175. The zero-order valence-corrected chi connectivity index (χ0v) is 9.37. The Labute approximate surface area is 77.3 Å². The Morgan fingerprint density at radius 1 is 1.25 bits per heavy atom. The Kier molecular flexibility index (Phi) is 4.04. The smallest absolute Gasteiger partial charge is 0.0923 e. The molecule has 0 aliphatic rings. The fraction of sp³-hybridized carbons (Fsp3) is 0.400. The average Bonchev–Trinajstić information content (AvgIpc) is 2.16. The van der Waals surface area contributed by atoms with Crippen molar-refractivity contribution in [2.75, 3.05) is 6.54 Å². The summed E-state index contributed by atoms with van der Waals surface area (Å²) in [6.07, 6.45) is 0. The summed E-state index contributed by atoms with van der Waals surface area (Å²) in [5, 5.41) is 0. The van der Waals surface area contributed by atoms with E-state index in [1.165, 1.54) is 12.1 Å². The van der Waals surface area contributed by atoms with Gasteiger partial charge in [-0.15, -0.1) is 0 Å². The van der Waals surface area contributed by atoms with E-state index in [1.807, 2.05) is 0 Å². The predicted octanol–water partition coefficient (Wildman–Crippen LogP) is 1.64. The van der Waals surface area contributed by atoms with Crippen LogP contribution >= 0.6 is 0 Å². The quantitative estimate of drug-likeness (QED) is 0.635. The lowest BCUT2D eigenvalue weighted by Crippen LogP contribution is -2.24. The molecule has 0 saturated heterocycles. The van der Waals surface area contributed by atoms with Gasteiger partial charge in [-0.3, -0.25) is 0 Å². The second kappa shape index (κ2) is 5.12. The average molecular weight is 179 g/mol. The van der Waals surface area contributed by atoms with Crippen molar-refractivity contribution in [1.29, 1.82) is 0 Å². The van der Waals surface area contributed by atoms with Gasteiger partial charge in [-0.25, -0.2) is 0 Å². The molecular weight excluding hydrogens is 162 g/mol. The third kappa shape index (κ3) is 2.79. The molecule has 0 aliphatic carbocycles. The summed E-state index contributed by atoms with van der Waals surface area (Å²) in [4.78, 5) is 0. The van der Waals surface area contributed by atoms with Gasteiger partial charge < -0.3 is 4.57 Å². The summed E-state index contributed by atoms with van der Waals surface area (Å²) < 4.78 is 2.55. The molecule has 1 aromatic carbocycles. The van der Waals surface area contributed by atoms with Crippen LogP contribution in [-0.2, 0) is 6.54 Å². The maximum atomic E-state index is 2.55. The molecule has 0 spiro atoms. The van der Waals surface area contributed by atoms with Gasteiger partial charge in [0.1, 0.15) is 0 Å². The highest BCUT2D eigenvalue weighted by molar-refractivity contribution is 6.29. The largest absolute Gasteiger partial charge is 0.326 e. The number of rotatable bonds is 4. The Bertz CT molecular complexity index is 206. The molecule has 1 rings (SSSR count). The monoisotopic (exact) mass is 179 g/mol. The molecule has 0 amide bonds. The van der Waals surface area contributed by atoms with Gasteiger partial charge in [0.15, 0.2) is 0 Å². The fourth-order valence-corrected chi connectivity index (χ4v) is 2.22. The van der Waals surface area contributed by atoms with Crippen LogP contribution in [0.15, 0.2) is 30.3 Å². The summed E-state index contributed by atoms with van der Waals surface area (Å²) >= 11 is 0. The topological polar surface area (TPSA) is 3.24 Å².